The molecular weight excluding hydrogens is 230 g/mol. The van der Waals surface area contributed by atoms with E-state index >= 15 is 0 Å². The van der Waals surface area contributed by atoms with E-state index in [1.54, 1.807) is 32.2 Å². The fourth-order valence-electron chi connectivity index (χ4n) is 1.00. The molecule has 0 radical (unpaired) electrons. The van der Waals surface area contributed by atoms with E-state index in [4.69, 9.17) is 16.3 Å². The number of halogens is 1. The SMILES string of the molecule is CCOC(=O)C(=NN=C(C)Cl)c1ccc[nH]1. The number of hydrogen-bond donors (Lipinski definition) is 1. The predicted octanol–water partition coefficient (Wildman–Crippen LogP) is 1.94. The molecule has 0 aliphatic carbocycles. The topological polar surface area (TPSA) is 66.8 Å². The van der Waals surface area contributed by atoms with Gasteiger partial charge in [0.1, 0.15) is 5.17 Å². The fraction of sp³-hybridized carbons (Fsp3) is 0.300. The number of esters is 1. The van der Waals surface area contributed by atoms with Crippen LogP contribution in [0.4, 0.5) is 0 Å². The van der Waals surface area contributed by atoms with E-state index in [1.807, 2.05) is 0 Å². The van der Waals surface area contributed by atoms with Crippen molar-refractivity contribution >= 4 is 28.5 Å². The molecule has 1 aromatic heterocycles. The van der Waals surface area contributed by atoms with Crippen LogP contribution in [0.25, 0.3) is 0 Å². The molecule has 1 heterocycles. The van der Waals surface area contributed by atoms with Crippen molar-refractivity contribution in [2.45, 2.75) is 13.8 Å². The first-order valence-electron chi connectivity index (χ1n) is 4.73. The first-order valence-corrected chi connectivity index (χ1v) is 5.11. The molecule has 0 aromatic carbocycles. The summed E-state index contributed by atoms with van der Waals surface area (Å²) in [5.74, 6) is -0.536. The molecule has 0 aliphatic rings. The number of H-pyrrole nitrogens is 1. The Morgan fingerprint density at radius 1 is 1.56 bits per heavy atom. The Kier molecular flexibility index (Phi) is 4.72. The molecule has 0 unspecified atom stereocenters. The average Bonchev–Trinajstić information content (AvgIpc) is 2.71. The highest BCUT2D eigenvalue weighted by atomic mass is 35.5. The smallest absolute Gasteiger partial charge is 0.361 e. The summed E-state index contributed by atoms with van der Waals surface area (Å²) in [6, 6.07) is 3.45. The minimum absolute atomic E-state index is 0.104. The van der Waals surface area contributed by atoms with Crippen LogP contribution in [-0.4, -0.2) is 28.4 Å². The predicted molar refractivity (Wildman–Crippen MR) is 62.9 cm³/mol. The van der Waals surface area contributed by atoms with Gasteiger partial charge in [0, 0.05) is 6.20 Å². The first kappa shape index (κ1) is 12.4. The number of carbonyl (C=O) groups is 1. The monoisotopic (exact) mass is 241 g/mol. The first-order chi connectivity index (χ1) is 7.65. The Bertz CT molecular complexity index is 406. The van der Waals surface area contributed by atoms with Crippen LogP contribution in [0, 0.1) is 0 Å². The van der Waals surface area contributed by atoms with Gasteiger partial charge in [-0.1, -0.05) is 11.6 Å². The molecule has 1 rings (SSSR count). The van der Waals surface area contributed by atoms with Gasteiger partial charge in [-0.25, -0.2) is 4.79 Å². The summed E-state index contributed by atoms with van der Waals surface area (Å²) in [6.45, 7) is 3.57. The molecule has 0 spiro atoms. The molecule has 0 bridgehead atoms. The highest BCUT2D eigenvalue weighted by molar-refractivity contribution is 6.64. The minimum atomic E-state index is -0.536. The van der Waals surface area contributed by atoms with Crippen molar-refractivity contribution in [3.05, 3.63) is 24.0 Å². The van der Waals surface area contributed by atoms with Gasteiger partial charge >= 0.3 is 5.97 Å². The van der Waals surface area contributed by atoms with Crippen molar-refractivity contribution in [2.75, 3.05) is 6.61 Å². The lowest BCUT2D eigenvalue weighted by Crippen LogP contribution is -2.19. The molecule has 1 aromatic rings. The third kappa shape index (κ3) is 3.51. The van der Waals surface area contributed by atoms with E-state index in [2.05, 4.69) is 15.2 Å². The molecule has 0 saturated heterocycles. The van der Waals surface area contributed by atoms with Crippen LogP contribution in [0.15, 0.2) is 28.5 Å². The lowest BCUT2D eigenvalue weighted by molar-refractivity contribution is -0.134. The second-order valence-electron chi connectivity index (χ2n) is 2.85. The largest absolute Gasteiger partial charge is 0.461 e. The summed E-state index contributed by atoms with van der Waals surface area (Å²) in [4.78, 5) is 14.4. The fourth-order valence-corrected chi connectivity index (χ4v) is 1.04. The van der Waals surface area contributed by atoms with Gasteiger partial charge in [-0.2, -0.15) is 0 Å². The normalized spacial score (nSPS) is 12.7. The summed E-state index contributed by atoms with van der Waals surface area (Å²) in [5.41, 5.74) is 0.645. The molecule has 0 fully saturated rings. The summed E-state index contributed by atoms with van der Waals surface area (Å²) in [7, 11) is 0. The molecule has 86 valence electrons. The molecule has 0 saturated carbocycles. The number of nitrogens with zero attached hydrogens (tertiary/aromatic N) is 2. The molecular formula is C10H12ClN3O2. The van der Waals surface area contributed by atoms with Crippen LogP contribution < -0.4 is 0 Å². The highest BCUT2D eigenvalue weighted by Gasteiger charge is 2.16. The van der Waals surface area contributed by atoms with Crippen LogP contribution in [-0.2, 0) is 9.53 Å². The van der Waals surface area contributed by atoms with Gasteiger partial charge < -0.3 is 9.72 Å². The van der Waals surface area contributed by atoms with E-state index < -0.39 is 5.97 Å². The number of hydrogen-bond acceptors (Lipinski definition) is 4. The molecule has 1 N–H and O–H groups in total. The Morgan fingerprint density at radius 3 is 2.81 bits per heavy atom. The average molecular weight is 242 g/mol. The lowest BCUT2D eigenvalue weighted by atomic mass is 10.3. The van der Waals surface area contributed by atoms with E-state index in [0.717, 1.165) is 0 Å². The van der Waals surface area contributed by atoms with Gasteiger partial charge in [-0.05, 0) is 26.0 Å². The second kappa shape index (κ2) is 6.07. The van der Waals surface area contributed by atoms with E-state index in [0.29, 0.717) is 5.69 Å². The Hall–Kier alpha value is -1.62. The third-order valence-corrected chi connectivity index (χ3v) is 1.69. The van der Waals surface area contributed by atoms with Crippen LogP contribution in [0.5, 0.6) is 0 Å². The van der Waals surface area contributed by atoms with Crippen molar-refractivity contribution in [3.63, 3.8) is 0 Å². The summed E-state index contributed by atoms with van der Waals surface area (Å²) >= 11 is 5.55. The Balaban J connectivity index is 2.99. The van der Waals surface area contributed by atoms with Gasteiger partial charge in [0.25, 0.3) is 0 Å². The third-order valence-electron chi connectivity index (χ3n) is 1.61. The zero-order chi connectivity index (χ0) is 12.0. The van der Waals surface area contributed by atoms with Gasteiger partial charge in [-0.15, -0.1) is 10.2 Å². The summed E-state index contributed by atoms with van der Waals surface area (Å²) in [5, 5.41) is 7.63. The second-order valence-corrected chi connectivity index (χ2v) is 3.40. The van der Waals surface area contributed by atoms with Gasteiger partial charge in [0.2, 0.25) is 0 Å². The van der Waals surface area contributed by atoms with Crippen molar-refractivity contribution in [3.8, 4) is 0 Å². The summed E-state index contributed by atoms with van der Waals surface area (Å²) < 4.78 is 4.86. The standard InChI is InChI=1S/C10H12ClN3O2/c1-3-16-10(15)9(14-13-7(2)11)8-5-4-6-12-8/h4-6,12H,3H2,1-2H3. The quantitative estimate of drug-likeness (QED) is 0.497. The number of ether oxygens (including phenoxy) is 1. The number of aromatic nitrogens is 1. The van der Waals surface area contributed by atoms with Crippen LogP contribution >= 0.6 is 11.6 Å². The van der Waals surface area contributed by atoms with Crippen molar-refractivity contribution in [1.29, 1.82) is 0 Å². The number of rotatable bonds is 4. The van der Waals surface area contributed by atoms with E-state index in [1.165, 1.54) is 0 Å². The van der Waals surface area contributed by atoms with Crippen LogP contribution in [0.3, 0.4) is 0 Å². The maximum Gasteiger partial charge on any atom is 0.361 e. The molecule has 6 heteroatoms. The van der Waals surface area contributed by atoms with Crippen molar-refractivity contribution in [1.82, 2.24) is 4.98 Å². The molecule has 0 amide bonds. The number of nitrogens with one attached hydrogen (secondary N) is 1. The zero-order valence-corrected chi connectivity index (χ0v) is 9.78. The highest BCUT2D eigenvalue weighted by Crippen LogP contribution is 2.01. The van der Waals surface area contributed by atoms with Crippen LogP contribution in [0.2, 0.25) is 0 Å². The Morgan fingerprint density at radius 2 is 2.31 bits per heavy atom. The maximum absolute atomic E-state index is 11.6. The number of carbonyl (C=O) groups excluding carboxylic acids is 1. The minimum Gasteiger partial charge on any atom is -0.461 e. The lowest BCUT2D eigenvalue weighted by Gasteiger charge is -2.02. The zero-order valence-electron chi connectivity index (χ0n) is 9.03. The molecule has 5 nitrogen and oxygen atoms in total. The van der Waals surface area contributed by atoms with E-state index in [-0.39, 0.29) is 17.5 Å². The Labute approximate surface area is 98.2 Å². The molecule has 0 atom stereocenters. The van der Waals surface area contributed by atoms with Crippen LogP contribution in [0.1, 0.15) is 19.5 Å². The van der Waals surface area contributed by atoms with Gasteiger partial charge in [0.05, 0.1) is 12.3 Å². The molecule has 16 heavy (non-hydrogen) atoms. The van der Waals surface area contributed by atoms with Crippen molar-refractivity contribution < 1.29 is 9.53 Å². The summed E-state index contributed by atoms with van der Waals surface area (Å²) in [6.07, 6.45) is 1.68. The maximum atomic E-state index is 11.6. The van der Waals surface area contributed by atoms with Gasteiger partial charge in [0.15, 0.2) is 5.71 Å². The number of aromatic amines is 1. The van der Waals surface area contributed by atoms with Gasteiger partial charge in [-0.3, -0.25) is 0 Å². The molecule has 0 aliphatic heterocycles. The van der Waals surface area contributed by atoms with Crippen molar-refractivity contribution in [2.24, 2.45) is 10.2 Å². The van der Waals surface area contributed by atoms with E-state index in [9.17, 15) is 4.79 Å².